The van der Waals surface area contributed by atoms with E-state index in [1.165, 1.54) is 25.3 Å². The summed E-state index contributed by atoms with van der Waals surface area (Å²) in [6, 6.07) is 3.63. The van der Waals surface area contributed by atoms with Crippen molar-refractivity contribution in [2.75, 3.05) is 20.8 Å². The van der Waals surface area contributed by atoms with E-state index in [2.05, 4.69) is 10.1 Å². The van der Waals surface area contributed by atoms with Gasteiger partial charge in [-0.3, -0.25) is 14.9 Å². The lowest BCUT2D eigenvalue weighted by atomic mass is 10.2. The number of hydrogen-bond acceptors (Lipinski definition) is 6. The van der Waals surface area contributed by atoms with Gasteiger partial charge >= 0.3 is 5.97 Å². The molecule has 7 nitrogen and oxygen atoms in total. The van der Waals surface area contributed by atoms with Crippen LogP contribution in [0.5, 0.6) is 5.75 Å². The molecule has 8 heteroatoms. The first kappa shape index (κ1) is 16.2. The van der Waals surface area contributed by atoms with Crippen LogP contribution in [0.3, 0.4) is 0 Å². The number of likely N-dealkylation sites (N-methyl/N-ethyl adjacent to an activating group) is 1. The predicted octanol–water partition coefficient (Wildman–Crippen LogP) is 1.78. The zero-order chi connectivity index (χ0) is 15.1. The van der Waals surface area contributed by atoms with Crippen molar-refractivity contribution in [3.63, 3.8) is 0 Å². The van der Waals surface area contributed by atoms with Crippen LogP contribution in [0.25, 0.3) is 0 Å². The number of ether oxygens (including phenoxy) is 2. The highest BCUT2D eigenvalue weighted by Crippen LogP contribution is 2.28. The summed E-state index contributed by atoms with van der Waals surface area (Å²) in [6.45, 7) is 0.245. The molecule has 1 aromatic carbocycles. The molecule has 0 saturated carbocycles. The number of rotatable bonds is 7. The Morgan fingerprint density at radius 1 is 1.55 bits per heavy atom. The fourth-order valence-corrected chi connectivity index (χ4v) is 1.78. The largest absolute Gasteiger partial charge is 0.493 e. The summed E-state index contributed by atoms with van der Waals surface area (Å²) in [7, 11) is 2.95. The van der Waals surface area contributed by atoms with Crippen molar-refractivity contribution in [3.8, 4) is 5.75 Å². The maximum Gasteiger partial charge on any atom is 0.322 e. The Hall–Kier alpha value is -1.86. The summed E-state index contributed by atoms with van der Waals surface area (Å²) in [4.78, 5) is 21.4. The summed E-state index contributed by atoms with van der Waals surface area (Å²) in [5, 5.41) is 13.4. The molecule has 0 saturated heterocycles. The van der Waals surface area contributed by atoms with E-state index in [0.717, 1.165) is 0 Å². The van der Waals surface area contributed by atoms with Gasteiger partial charge in [-0.05, 0) is 13.1 Å². The van der Waals surface area contributed by atoms with Crippen molar-refractivity contribution in [2.24, 2.45) is 0 Å². The van der Waals surface area contributed by atoms with Gasteiger partial charge < -0.3 is 14.8 Å². The molecule has 0 bridgehead atoms. The monoisotopic (exact) mass is 302 g/mol. The molecule has 0 aliphatic carbocycles. The van der Waals surface area contributed by atoms with Gasteiger partial charge in [-0.2, -0.15) is 0 Å². The third kappa shape index (κ3) is 4.36. The number of carbonyl (C=O) groups excluding carboxylic acids is 1. The minimum atomic E-state index is -0.569. The van der Waals surface area contributed by atoms with Crippen LogP contribution >= 0.6 is 11.6 Å². The number of nitrogens with zero attached hydrogens (tertiary/aromatic N) is 1. The van der Waals surface area contributed by atoms with Crippen LogP contribution in [0.4, 0.5) is 5.69 Å². The Balaban J connectivity index is 2.56. The first-order valence-electron chi connectivity index (χ1n) is 5.81. The van der Waals surface area contributed by atoms with Crippen molar-refractivity contribution < 1.29 is 19.2 Å². The van der Waals surface area contributed by atoms with Crippen molar-refractivity contribution in [3.05, 3.63) is 33.3 Å². The molecule has 1 rings (SSSR count). The molecule has 20 heavy (non-hydrogen) atoms. The first-order chi connectivity index (χ1) is 9.49. The Morgan fingerprint density at radius 2 is 2.25 bits per heavy atom. The van der Waals surface area contributed by atoms with Gasteiger partial charge in [-0.25, -0.2) is 0 Å². The normalized spacial score (nSPS) is 11.8. The SMILES string of the molecule is CNC(CCOc1ccc([N+](=O)[O-])c(Cl)c1)C(=O)OC. The van der Waals surface area contributed by atoms with E-state index in [1.54, 1.807) is 7.05 Å². The number of benzene rings is 1. The van der Waals surface area contributed by atoms with Crippen LogP contribution in [0.2, 0.25) is 5.02 Å². The quantitative estimate of drug-likeness (QED) is 0.469. The maximum atomic E-state index is 11.3. The molecular weight excluding hydrogens is 288 g/mol. The highest BCUT2D eigenvalue weighted by atomic mass is 35.5. The number of hydrogen-bond donors (Lipinski definition) is 1. The van der Waals surface area contributed by atoms with Crippen LogP contribution in [-0.2, 0) is 9.53 Å². The zero-order valence-electron chi connectivity index (χ0n) is 11.1. The molecule has 110 valence electrons. The van der Waals surface area contributed by atoms with Crippen molar-refractivity contribution in [1.82, 2.24) is 5.32 Å². The van der Waals surface area contributed by atoms with Crippen LogP contribution in [-0.4, -0.2) is 37.7 Å². The Labute approximate surface area is 121 Å². The van der Waals surface area contributed by atoms with Gasteiger partial charge in [-0.15, -0.1) is 0 Å². The van der Waals surface area contributed by atoms with Gasteiger partial charge in [0.2, 0.25) is 0 Å². The molecular formula is C12H15ClN2O5. The molecule has 0 radical (unpaired) electrons. The second-order valence-electron chi connectivity index (χ2n) is 3.87. The number of halogens is 1. The number of nitro benzene ring substituents is 1. The molecule has 1 N–H and O–H groups in total. The standard InChI is InChI=1S/C12H15ClN2O5/c1-14-10(12(16)19-2)5-6-20-8-3-4-11(15(17)18)9(13)7-8/h3-4,7,10,14H,5-6H2,1-2H3. The van der Waals surface area contributed by atoms with Crippen LogP contribution < -0.4 is 10.1 Å². The topological polar surface area (TPSA) is 90.7 Å². The second-order valence-corrected chi connectivity index (χ2v) is 4.28. The highest BCUT2D eigenvalue weighted by Gasteiger charge is 2.17. The van der Waals surface area contributed by atoms with Crippen LogP contribution in [0.1, 0.15) is 6.42 Å². The number of nitrogens with one attached hydrogen (secondary N) is 1. The summed E-state index contributed by atoms with van der Waals surface area (Å²) in [5.41, 5.74) is -0.179. The lowest BCUT2D eigenvalue weighted by Gasteiger charge is -2.14. The first-order valence-corrected chi connectivity index (χ1v) is 6.19. The lowest BCUT2D eigenvalue weighted by molar-refractivity contribution is -0.384. The third-order valence-corrected chi connectivity index (χ3v) is 2.93. The van der Waals surface area contributed by atoms with Crippen molar-refractivity contribution in [1.29, 1.82) is 0 Å². The van der Waals surface area contributed by atoms with Gasteiger partial charge in [0.25, 0.3) is 5.69 Å². The van der Waals surface area contributed by atoms with E-state index < -0.39 is 11.0 Å². The molecule has 0 aromatic heterocycles. The average Bonchev–Trinajstić information content (AvgIpc) is 2.42. The summed E-state index contributed by atoms with van der Waals surface area (Å²) in [6.07, 6.45) is 0.401. The lowest BCUT2D eigenvalue weighted by Crippen LogP contribution is -2.36. The van der Waals surface area contributed by atoms with Gasteiger partial charge in [0.05, 0.1) is 18.6 Å². The third-order valence-electron chi connectivity index (χ3n) is 2.63. The van der Waals surface area contributed by atoms with E-state index >= 15 is 0 Å². The van der Waals surface area contributed by atoms with Gasteiger partial charge in [-0.1, -0.05) is 11.6 Å². The predicted molar refractivity (Wildman–Crippen MR) is 73.1 cm³/mol. The molecule has 1 unspecified atom stereocenters. The summed E-state index contributed by atoms with van der Waals surface area (Å²) < 4.78 is 10.0. The fraction of sp³-hybridized carbons (Fsp3) is 0.417. The van der Waals surface area contributed by atoms with Gasteiger partial charge in [0, 0.05) is 18.6 Å². The average molecular weight is 303 g/mol. The molecule has 0 spiro atoms. The van der Waals surface area contributed by atoms with Crippen molar-refractivity contribution in [2.45, 2.75) is 12.5 Å². The second kappa shape index (κ2) is 7.66. The highest BCUT2D eigenvalue weighted by molar-refractivity contribution is 6.32. The smallest absolute Gasteiger partial charge is 0.322 e. The van der Waals surface area contributed by atoms with E-state index in [-0.39, 0.29) is 23.3 Å². The zero-order valence-corrected chi connectivity index (χ0v) is 11.8. The Bertz CT molecular complexity index is 495. The number of nitro groups is 1. The van der Waals surface area contributed by atoms with Crippen LogP contribution in [0, 0.1) is 10.1 Å². The summed E-state index contributed by atoms with van der Waals surface area (Å²) >= 11 is 5.76. The minimum absolute atomic E-state index is 0.00522. The molecule has 0 aliphatic rings. The van der Waals surface area contributed by atoms with E-state index in [0.29, 0.717) is 12.2 Å². The van der Waals surface area contributed by atoms with Gasteiger partial charge in [0.1, 0.15) is 16.8 Å². The number of methoxy groups -OCH3 is 1. The number of esters is 1. The summed E-state index contributed by atoms with van der Waals surface area (Å²) in [5.74, 6) is 0.0261. The van der Waals surface area contributed by atoms with E-state index in [9.17, 15) is 14.9 Å². The van der Waals surface area contributed by atoms with E-state index in [4.69, 9.17) is 16.3 Å². The van der Waals surface area contributed by atoms with Gasteiger partial charge in [0.15, 0.2) is 0 Å². The molecule has 0 amide bonds. The molecule has 1 aromatic rings. The van der Waals surface area contributed by atoms with Crippen LogP contribution in [0.15, 0.2) is 18.2 Å². The van der Waals surface area contributed by atoms with E-state index in [1.807, 2.05) is 0 Å². The Morgan fingerprint density at radius 3 is 2.75 bits per heavy atom. The molecule has 0 aliphatic heterocycles. The molecule has 0 fully saturated rings. The molecule has 1 atom stereocenters. The maximum absolute atomic E-state index is 11.3. The molecule has 0 heterocycles. The Kier molecular flexibility index (Phi) is 6.20. The fourth-order valence-electron chi connectivity index (χ4n) is 1.54. The minimum Gasteiger partial charge on any atom is -0.493 e. The number of carbonyl (C=O) groups is 1. The van der Waals surface area contributed by atoms with Crippen molar-refractivity contribution >= 4 is 23.3 Å².